The highest BCUT2D eigenvalue weighted by molar-refractivity contribution is 7.91. The van der Waals surface area contributed by atoms with E-state index in [2.05, 4.69) is 39.7 Å². The fourth-order valence-corrected chi connectivity index (χ4v) is 6.47. The lowest BCUT2D eigenvalue weighted by Gasteiger charge is -2.26. The van der Waals surface area contributed by atoms with Gasteiger partial charge in [-0.3, -0.25) is 0 Å². The van der Waals surface area contributed by atoms with Gasteiger partial charge in [-0.05, 0) is 67.3 Å². The van der Waals surface area contributed by atoms with Crippen LogP contribution in [-0.2, 0) is 22.8 Å². The van der Waals surface area contributed by atoms with Gasteiger partial charge in [0.25, 0.3) is 0 Å². The maximum absolute atomic E-state index is 11.7. The summed E-state index contributed by atoms with van der Waals surface area (Å²) in [6.45, 7) is 2.59. The van der Waals surface area contributed by atoms with Crippen molar-refractivity contribution in [2.75, 3.05) is 49.4 Å². The molecule has 1 atom stereocenters. The van der Waals surface area contributed by atoms with Crippen molar-refractivity contribution in [1.29, 1.82) is 0 Å². The zero-order valence-electron chi connectivity index (χ0n) is 19.0. The van der Waals surface area contributed by atoms with E-state index in [1.165, 1.54) is 11.1 Å². The van der Waals surface area contributed by atoms with Crippen molar-refractivity contribution in [3.8, 4) is 5.75 Å². The number of aromatic nitrogens is 2. The minimum absolute atomic E-state index is 0.156. The highest BCUT2D eigenvalue weighted by atomic mass is 32.2. The molecule has 0 saturated carbocycles. The normalized spacial score (nSPS) is 19.9. The van der Waals surface area contributed by atoms with E-state index in [-0.39, 0.29) is 11.7 Å². The molecule has 3 aromatic rings. The number of methoxy groups -OCH3 is 1. The predicted molar refractivity (Wildman–Crippen MR) is 131 cm³/mol. The summed E-state index contributed by atoms with van der Waals surface area (Å²) >= 11 is 0. The lowest BCUT2D eigenvalue weighted by molar-refractivity contribution is 0.312. The van der Waals surface area contributed by atoms with E-state index < -0.39 is 9.84 Å². The number of nitrogens with one attached hydrogen (secondary N) is 2. The Balaban J connectivity index is 1.35. The van der Waals surface area contributed by atoms with Crippen molar-refractivity contribution in [3.05, 3.63) is 47.7 Å². The second kappa shape index (κ2) is 8.79. The topological polar surface area (TPSA) is 96.4 Å². The predicted octanol–water partition coefficient (Wildman–Crippen LogP) is 3.22. The Labute approximate surface area is 194 Å². The van der Waals surface area contributed by atoms with E-state index in [0.717, 1.165) is 54.0 Å². The van der Waals surface area contributed by atoms with Crippen LogP contribution in [0.1, 0.15) is 17.5 Å². The van der Waals surface area contributed by atoms with Gasteiger partial charge in [0.05, 0.1) is 29.8 Å². The molecule has 0 amide bonds. The zero-order valence-corrected chi connectivity index (χ0v) is 19.8. The van der Waals surface area contributed by atoms with Crippen LogP contribution in [0.25, 0.3) is 10.9 Å². The summed E-state index contributed by atoms with van der Waals surface area (Å²) < 4.78 is 29.0. The first-order valence-electron chi connectivity index (χ1n) is 11.2. The Morgan fingerprint density at radius 3 is 2.88 bits per heavy atom. The van der Waals surface area contributed by atoms with Crippen LogP contribution < -0.4 is 15.4 Å². The van der Waals surface area contributed by atoms with E-state index in [9.17, 15) is 8.42 Å². The standard InChI is InChI=1S/C24H29N5O3S/c1-29-7-5-17-10-23(32-2)22(9-19(17)14-29)28-24-26-13-18-3-4-20(11-21(18)27-24)25-12-16-6-8-33(30,31)15-16/h3-4,9-11,13,16,25H,5-8,12,14-15H2,1-2H3,(H,26,27,28)/t16-/m1/s1. The maximum atomic E-state index is 11.7. The van der Waals surface area contributed by atoms with Crippen molar-refractivity contribution in [1.82, 2.24) is 14.9 Å². The molecular weight excluding hydrogens is 438 g/mol. The van der Waals surface area contributed by atoms with Gasteiger partial charge in [0.15, 0.2) is 9.84 Å². The Morgan fingerprint density at radius 1 is 1.21 bits per heavy atom. The summed E-state index contributed by atoms with van der Waals surface area (Å²) in [4.78, 5) is 11.5. The molecule has 3 heterocycles. The Kier molecular flexibility index (Phi) is 5.84. The van der Waals surface area contributed by atoms with Crippen LogP contribution in [0.5, 0.6) is 5.75 Å². The molecule has 2 aromatic carbocycles. The minimum Gasteiger partial charge on any atom is -0.495 e. The number of benzene rings is 2. The highest BCUT2D eigenvalue weighted by Crippen LogP contribution is 2.33. The molecule has 5 rings (SSSR count). The van der Waals surface area contributed by atoms with Crippen molar-refractivity contribution in [3.63, 3.8) is 0 Å². The number of sulfone groups is 1. The molecule has 1 fully saturated rings. The molecular formula is C24H29N5O3S. The SMILES string of the molecule is COc1cc2c(cc1Nc1ncc3ccc(NC[C@H]4CCS(=O)(=O)C4)cc3n1)CN(C)CC2. The van der Waals surface area contributed by atoms with Gasteiger partial charge < -0.3 is 20.3 Å². The second-order valence-electron chi connectivity index (χ2n) is 9.05. The molecule has 0 aliphatic carbocycles. The van der Waals surface area contributed by atoms with Crippen molar-refractivity contribution in [2.24, 2.45) is 5.92 Å². The third-order valence-corrected chi connectivity index (χ3v) is 8.31. The number of likely N-dealkylation sites (N-methyl/N-ethyl adjacent to an activating group) is 1. The highest BCUT2D eigenvalue weighted by Gasteiger charge is 2.27. The van der Waals surface area contributed by atoms with Crippen LogP contribution in [0.3, 0.4) is 0 Å². The van der Waals surface area contributed by atoms with Gasteiger partial charge in [0, 0.05) is 36.9 Å². The van der Waals surface area contributed by atoms with Crippen LogP contribution in [0.4, 0.5) is 17.3 Å². The molecule has 2 N–H and O–H groups in total. The molecule has 1 saturated heterocycles. The van der Waals surface area contributed by atoms with Crippen molar-refractivity contribution >= 4 is 38.1 Å². The van der Waals surface area contributed by atoms with Gasteiger partial charge in [-0.25, -0.2) is 18.4 Å². The van der Waals surface area contributed by atoms with Crippen LogP contribution in [0.2, 0.25) is 0 Å². The summed E-state index contributed by atoms with van der Waals surface area (Å²) in [7, 11) is 0.940. The number of hydrogen-bond acceptors (Lipinski definition) is 8. The minimum atomic E-state index is -2.87. The van der Waals surface area contributed by atoms with E-state index >= 15 is 0 Å². The van der Waals surface area contributed by atoms with E-state index in [1.807, 2.05) is 18.2 Å². The third-order valence-electron chi connectivity index (χ3n) is 6.48. The number of ether oxygens (including phenoxy) is 1. The molecule has 1 aromatic heterocycles. The molecule has 2 aliphatic rings. The first-order chi connectivity index (χ1) is 15.9. The van der Waals surface area contributed by atoms with Gasteiger partial charge in [-0.1, -0.05) is 0 Å². The van der Waals surface area contributed by atoms with E-state index in [1.54, 1.807) is 13.3 Å². The van der Waals surface area contributed by atoms with Gasteiger partial charge >= 0.3 is 0 Å². The molecule has 0 unspecified atom stereocenters. The average molecular weight is 468 g/mol. The quantitative estimate of drug-likeness (QED) is 0.571. The average Bonchev–Trinajstić information content (AvgIpc) is 3.15. The smallest absolute Gasteiger partial charge is 0.227 e. The van der Waals surface area contributed by atoms with Gasteiger partial charge in [0.1, 0.15) is 5.75 Å². The van der Waals surface area contributed by atoms with Crippen LogP contribution in [0.15, 0.2) is 36.5 Å². The molecule has 0 radical (unpaired) electrons. The zero-order chi connectivity index (χ0) is 23.0. The van der Waals surface area contributed by atoms with Gasteiger partial charge in [0.2, 0.25) is 5.95 Å². The van der Waals surface area contributed by atoms with Crippen LogP contribution in [0, 0.1) is 5.92 Å². The Hall–Kier alpha value is -2.91. The third kappa shape index (κ3) is 4.89. The molecule has 8 nitrogen and oxygen atoms in total. The molecule has 9 heteroatoms. The second-order valence-corrected chi connectivity index (χ2v) is 11.3. The summed E-state index contributed by atoms with van der Waals surface area (Å²) in [5, 5.41) is 7.64. The maximum Gasteiger partial charge on any atom is 0.227 e. The molecule has 2 aliphatic heterocycles. The Bertz CT molecular complexity index is 1290. The number of anilines is 3. The molecule has 33 heavy (non-hydrogen) atoms. The number of hydrogen-bond donors (Lipinski definition) is 2. The molecule has 0 spiro atoms. The fourth-order valence-electron chi connectivity index (χ4n) is 4.60. The van der Waals surface area contributed by atoms with E-state index in [4.69, 9.17) is 9.72 Å². The Morgan fingerprint density at radius 2 is 2.09 bits per heavy atom. The lowest BCUT2D eigenvalue weighted by Crippen LogP contribution is -2.26. The molecule has 0 bridgehead atoms. The lowest BCUT2D eigenvalue weighted by atomic mass is 9.99. The van der Waals surface area contributed by atoms with Gasteiger partial charge in [-0.15, -0.1) is 0 Å². The number of rotatable bonds is 6. The summed E-state index contributed by atoms with van der Waals surface area (Å²) in [5.41, 5.74) is 5.19. The summed E-state index contributed by atoms with van der Waals surface area (Å²) in [6.07, 6.45) is 3.53. The molecule has 174 valence electrons. The monoisotopic (exact) mass is 467 g/mol. The van der Waals surface area contributed by atoms with E-state index in [0.29, 0.717) is 18.2 Å². The largest absolute Gasteiger partial charge is 0.495 e. The van der Waals surface area contributed by atoms with Crippen LogP contribution >= 0.6 is 0 Å². The number of nitrogens with zero attached hydrogens (tertiary/aromatic N) is 3. The van der Waals surface area contributed by atoms with Crippen molar-refractivity contribution in [2.45, 2.75) is 19.4 Å². The van der Waals surface area contributed by atoms with Gasteiger partial charge in [-0.2, -0.15) is 0 Å². The summed E-state index contributed by atoms with van der Waals surface area (Å²) in [6, 6.07) is 10.2. The first kappa shape index (κ1) is 21.9. The van der Waals surface area contributed by atoms with Crippen LogP contribution in [-0.4, -0.2) is 62.0 Å². The summed E-state index contributed by atoms with van der Waals surface area (Å²) in [5.74, 6) is 2.00. The first-order valence-corrected chi connectivity index (χ1v) is 13.1. The fraction of sp³-hybridized carbons (Fsp3) is 0.417. The van der Waals surface area contributed by atoms with Crippen molar-refractivity contribution < 1.29 is 13.2 Å². The number of fused-ring (bicyclic) bond motifs is 2.